The second-order valence-corrected chi connectivity index (χ2v) is 6.78. The van der Waals surface area contributed by atoms with E-state index < -0.39 is 17.2 Å². The minimum absolute atomic E-state index is 0.422. The molecule has 0 unspecified atom stereocenters. The number of ether oxygens (including phenoxy) is 1. The number of para-hydroxylation sites is 2. The van der Waals surface area contributed by atoms with Crippen molar-refractivity contribution >= 4 is 34.8 Å². The summed E-state index contributed by atoms with van der Waals surface area (Å²) < 4.78 is 5.51. The van der Waals surface area contributed by atoms with Crippen LogP contribution in [0.3, 0.4) is 0 Å². The predicted octanol–water partition coefficient (Wildman–Crippen LogP) is 4.65. The molecule has 0 aromatic heterocycles. The first-order valence-corrected chi connectivity index (χ1v) is 8.75. The molecule has 0 bridgehead atoms. The number of amides is 2. The van der Waals surface area contributed by atoms with Gasteiger partial charge < -0.3 is 15.4 Å². The number of hydrogen-bond donors (Lipinski definition) is 2. The lowest BCUT2D eigenvalue weighted by atomic mass is 9.90. The zero-order valence-electron chi connectivity index (χ0n) is 15.4. The SMILES string of the molecule is CCOc1ccccc1NC(=O)C(C)(C)C(=O)Nc1cccc(Cl)c1C. The van der Waals surface area contributed by atoms with Crippen molar-refractivity contribution in [1.29, 1.82) is 0 Å². The molecule has 0 aliphatic carbocycles. The first-order valence-electron chi connectivity index (χ1n) is 8.37. The summed E-state index contributed by atoms with van der Waals surface area (Å²) in [4.78, 5) is 25.4. The highest BCUT2D eigenvalue weighted by atomic mass is 35.5. The third-order valence-electron chi connectivity index (χ3n) is 4.09. The Kier molecular flexibility index (Phi) is 6.27. The summed E-state index contributed by atoms with van der Waals surface area (Å²) in [7, 11) is 0. The van der Waals surface area contributed by atoms with Crippen LogP contribution < -0.4 is 15.4 Å². The van der Waals surface area contributed by atoms with Crippen LogP contribution in [0.15, 0.2) is 42.5 Å². The van der Waals surface area contributed by atoms with E-state index in [4.69, 9.17) is 16.3 Å². The highest BCUT2D eigenvalue weighted by molar-refractivity contribution is 6.31. The normalized spacial score (nSPS) is 11.0. The van der Waals surface area contributed by atoms with Gasteiger partial charge in [-0.3, -0.25) is 9.59 Å². The Balaban J connectivity index is 2.17. The van der Waals surface area contributed by atoms with Crippen LogP contribution in [-0.2, 0) is 9.59 Å². The van der Waals surface area contributed by atoms with Gasteiger partial charge in [-0.1, -0.05) is 29.8 Å². The van der Waals surface area contributed by atoms with Crippen molar-refractivity contribution in [3.05, 3.63) is 53.1 Å². The number of rotatable bonds is 6. The molecule has 0 fully saturated rings. The number of anilines is 2. The van der Waals surface area contributed by atoms with Gasteiger partial charge in [0.1, 0.15) is 11.2 Å². The smallest absolute Gasteiger partial charge is 0.239 e. The molecule has 0 spiro atoms. The Bertz CT molecular complexity index is 818. The van der Waals surface area contributed by atoms with Gasteiger partial charge in [-0.15, -0.1) is 0 Å². The van der Waals surface area contributed by atoms with E-state index in [0.29, 0.717) is 28.8 Å². The van der Waals surface area contributed by atoms with Gasteiger partial charge in [0.15, 0.2) is 0 Å². The first kappa shape index (κ1) is 19.8. The maximum atomic E-state index is 12.7. The van der Waals surface area contributed by atoms with Crippen LogP contribution in [0.25, 0.3) is 0 Å². The van der Waals surface area contributed by atoms with Crippen LogP contribution in [0, 0.1) is 12.3 Å². The molecule has 0 saturated heterocycles. The Morgan fingerprint density at radius 3 is 2.23 bits per heavy atom. The van der Waals surface area contributed by atoms with Crippen LogP contribution in [0.1, 0.15) is 26.3 Å². The van der Waals surface area contributed by atoms with Crippen LogP contribution in [0.2, 0.25) is 5.02 Å². The average Bonchev–Trinajstić information content (AvgIpc) is 2.60. The Morgan fingerprint density at radius 1 is 1.00 bits per heavy atom. The topological polar surface area (TPSA) is 67.4 Å². The molecule has 0 atom stereocenters. The molecule has 2 rings (SSSR count). The molecule has 6 heteroatoms. The highest BCUT2D eigenvalue weighted by Crippen LogP contribution is 2.29. The lowest BCUT2D eigenvalue weighted by Gasteiger charge is -2.24. The second kappa shape index (κ2) is 8.23. The summed E-state index contributed by atoms with van der Waals surface area (Å²) in [6, 6.07) is 12.4. The maximum Gasteiger partial charge on any atom is 0.239 e. The third-order valence-corrected chi connectivity index (χ3v) is 4.50. The molecular weight excluding hydrogens is 352 g/mol. The van der Waals surface area contributed by atoms with Crippen LogP contribution in [0.5, 0.6) is 5.75 Å². The average molecular weight is 375 g/mol. The Morgan fingerprint density at radius 2 is 1.58 bits per heavy atom. The van der Waals surface area contributed by atoms with E-state index in [-0.39, 0.29) is 0 Å². The van der Waals surface area contributed by atoms with E-state index in [2.05, 4.69) is 10.6 Å². The van der Waals surface area contributed by atoms with Crippen molar-refractivity contribution in [3.8, 4) is 5.75 Å². The summed E-state index contributed by atoms with van der Waals surface area (Å²) in [6.45, 7) is 7.29. The van der Waals surface area contributed by atoms with Gasteiger partial charge in [-0.05, 0) is 57.5 Å². The molecule has 2 amide bonds. The van der Waals surface area contributed by atoms with E-state index in [0.717, 1.165) is 5.56 Å². The van der Waals surface area contributed by atoms with Gasteiger partial charge in [-0.25, -0.2) is 0 Å². The maximum absolute atomic E-state index is 12.7. The number of nitrogens with one attached hydrogen (secondary N) is 2. The van der Waals surface area contributed by atoms with Crippen LogP contribution in [0.4, 0.5) is 11.4 Å². The summed E-state index contributed by atoms with van der Waals surface area (Å²) >= 11 is 6.08. The van der Waals surface area contributed by atoms with Crippen LogP contribution >= 0.6 is 11.6 Å². The molecule has 2 aromatic carbocycles. The first-order chi connectivity index (χ1) is 12.3. The lowest BCUT2D eigenvalue weighted by molar-refractivity contribution is -0.135. The van der Waals surface area contributed by atoms with Gasteiger partial charge >= 0.3 is 0 Å². The highest BCUT2D eigenvalue weighted by Gasteiger charge is 2.36. The van der Waals surface area contributed by atoms with Gasteiger partial charge in [0, 0.05) is 10.7 Å². The zero-order chi connectivity index (χ0) is 19.3. The van der Waals surface area contributed by atoms with Crippen molar-refractivity contribution in [2.75, 3.05) is 17.2 Å². The number of carbonyl (C=O) groups is 2. The molecule has 2 N–H and O–H groups in total. The zero-order valence-corrected chi connectivity index (χ0v) is 16.1. The summed E-state index contributed by atoms with van der Waals surface area (Å²) in [5.41, 5.74) is 0.561. The number of halogens is 1. The predicted molar refractivity (Wildman–Crippen MR) is 105 cm³/mol. The molecule has 0 aliphatic rings. The minimum Gasteiger partial charge on any atom is -0.492 e. The van der Waals surface area contributed by atoms with E-state index >= 15 is 0 Å². The second-order valence-electron chi connectivity index (χ2n) is 6.37. The van der Waals surface area contributed by atoms with E-state index in [9.17, 15) is 9.59 Å². The number of hydrogen-bond acceptors (Lipinski definition) is 3. The minimum atomic E-state index is -1.30. The fourth-order valence-electron chi connectivity index (χ4n) is 2.25. The van der Waals surface area contributed by atoms with E-state index in [1.807, 2.05) is 19.9 Å². The number of carbonyl (C=O) groups excluding carboxylic acids is 2. The van der Waals surface area contributed by atoms with Crippen LogP contribution in [-0.4, -0.2) is 18.4 Å². The van der Waals surface area contributed by atoms with Crippen molar-refractivity contribution in [3.63, 3.8) is 0 Å². The van der Waals surface area contributed by atoms with Crippen molar-refractivity contribution in [2.24, 2.45) is 5.41 Å². The molecule has 26 heavy (non-hydrogen) atoms. The van der Waals surface area contributed by atoms with Gasteiger partial charge in [0.05, 0.1) is 12.3 Å². The Labute approximate surface area is 158 Å². The monoisotopic (exact) mass is 374 g/mol. The summed E-state index contributed by atoms with van der Waals surface area (Å²) in [5.74, 6) is -0.290. The van der Waals surface area contributed by atoms with Crippen molar-refractivity contribution in [2.45, 2.75) is 27.7 Å². The largest absolute Gasteiger partial charge is 0.492 e. The molecule has 0 saturated carbocycles. The van der Waals surface area contributed by atoms with Gasteiger partial charge in [0.25, 0.3) is 0 Å². The molecule has 138 valence electrons. The Hall–Kier alpha value is -2.53. The lowest BCUT2D eigenvalue weighted by Crippen LogP contribution is -2.41. The quantitative estimate of drug-likeness (QED) is 0.723. The standard InChI is InChI=1S/C20H23ClN2O3/c1-5-26-17-12-7-6-10-16(17)23-19(25)20(3,4)18(24)22-15-11-8-9-14(21)13(15)2/h6-12H,5H2,1-4H3,(H,22,24)(H,23,25). The van der Waals surface area contributed by atoms with E-state index in [1.54, 1.807) is 50.2 Å². The molecule has 2 aromatic rings. The molecule has 0 heterocycles. The van der Waals surface area contributed by atoms with Crippen molar-refractivity contribution in [1.82, 2.24) is 0 Å². The summed E-state index contributed by atoms with van der Waals surface area (Å²) in [6.07, 6.45) is 0. The summed E-state index contributed by atoms with van der Waals surface area (Å²) in [5, 5.41) is 6.11. The third kappa shape index (κ3) is 4.35. The number of benzene rings is 2. The van der Waals surface area contributed by atoms with Gasteiger partial charge in [-0.2, -0.15) is 0 Å². The molecule has 0 radical (unpaired) electrons. The fraction of sp³-hybridized carbons (Fsp3) is 0.300. The molecular formula is C20H23ClN2O3. The molecule has 0 aliphatic heterocycles. The van der Waals surface area contributed by atoms with E-state index in [1.165, 1.54) is 0 Å². The van der Waals surface area contributed by atoms with Gasteiger partial charge in [0.2, 0.25) is 11.8 Å². The van der Waals surface area contributed by atoms with Crippen molar-refractivity contribution < 1.29 is 14.3 Å². The fourth-order valence-corrected chi connectivity index (χ4v) is 2.43. The molecule has 5 nitrogen and oxygen atoms in total.